The second kappa shape index (κ2) is 5.67. The zero-order valence-electron chi connectivity index (χ0n) is 11.4. The summed E-state index contributed by atoms with van der Waals surface area (Å²) in [5.41, 5.74) is 1.77. The second-order valence-corrected chi connectivity index (χ2v) is 5.73. The molecule has 0 atom stereocenters. The van der Waals surface area contributed by atoms with E-state index >= 15 is 0 Å². The van der Waals surface area contributed by atoms with Gasteiger partial charge in [0.2, 0.25) is 0 Å². The van der Waals surface area contributed by atoms with Crippen molar-refractivity contribution in [3.8, 4) is 0 Å². The van der Waals surface area contributed by atoms with E-state index in [-0.39, 0.29) is 5.56 Å². The average Bonchev–Trinajstić information content (AvgIpc) is 3.02. The Morgan fingerprint density at radius 3 is 2.90 bits per heavy atom. The minimum atomic E-state index is -0.971. The average molecular weight is 302 g/mol. The number of furan rings is 1. The quantitative estimate of drug-likeness (QED) is 0.757. The van der Waals surface area contributed by atoms with Gasteiger partial charge in [0.25, 0.3) is 0 Å². The maximum absolute atomic E-state index is 11.4. The van der Waals surface area contributed by atoms with Crippen molar-refractivity contribution in [1.29, 1.82) is 0 Å². The normalized spacial score (nSPS) is 11.1. The molecule has 0 saturated carbocycles. The molecule has 1 aromatic carbocycles. The fraction of sp³-hybridized carbons (Fsp3) is 0.200. The van der Waals surface area contributed by atoms with Gasteiger partial charge >= 0.3 is 5.97 Å². The van der Waals surface area contributed by atoms with Crippen LogP contribution < -0.4 is 5.32 Å². The maximum Gasteiger partial charge on any atom is 0.339 e. The van der Waals surface area contributed by atoms with Gasteiger partial charge in [-0.05, 0) is 13.0 Å². The van der Waals surface area contributed by atoms with Crippen LogP contribution in [0, 0.1) is 6.92 Å². The first kappa shape index (κ1) is 13.8. The highest BCUT2D eigenvalue weighted by Crippen LogP contribution is 2.25. The highest BCUT2D eigenvalue weighted by molar-refractivity contribution is 7.09. The number of benzene rings is 1. The fourth-order valence-corrected chi connectivity index (χ4v) is 2.86. The van der Waals surface area contributed by atoms with Gasteiger partial charge in [0.15, 0.2) is 0 Å². The highest BCUT2D eigenvalue weighted by atomic mass is 32.1. The van der Waals surface area contributed by atoms with Gasteiger partial charge < -0.3 is 14.8 Å². The van der Waals surface area contributed by atoms with E-state index in [4.69, 9.17) is 4.42 Å². The van der Waals surface area contributed by atoms with Crippen molar-refractivity contribution in [3.63, 3.8) is 0 Å². The molecule has 0 bridgehead atoms. The van der Waals surface area contributed by atoms with Crippen molar-refractivity contribution in [2.24, 2.45) is 0 Å². The van der Waals surface area contributed by atoms with Crippen LogP contribution >= 0.6 is 11.3 Å². The van der Waals surface area contributed by atoms with Crippen molar-refractivity contribution in [2.45, 2.75) is 20.0 Å². The van der Waals surface area contributed by atoms with E-state index in [0.29, 0.717) is 29.8 Å². The topological polar surface area (TPSA) is 75.4 Å². The van der Waals surface area contributed by atoms with E-state index in [1.54, 1.807) is 29.5 Å². The number of nitrogens with zero attached hydrogens (tertiary/aromatic N) is 1. The van der Waals surface area contributed by atoms with E-state index in [1.165, 1.54) is 0 Å². The third-order valence-corrected chi connectivity index (χ3v) is 3.96. The molecule has 0 aliphatic carbocycles. The first-order valence-electron chi connectivity index (χ1n) is 6.50. The maximum atomic E-state index is 11.4. The minimum Gasteiger partial charge on any atom is -0.478 e. The van der Waals surface area contributed by atoms with E-state index in [2.05, 4.69) is 10.3 Å². The number of rotatable bonds is 5. The van der Waals surface area contributed by atoms with Crippen molar-refractivity contribution in [3.05, 3.63) is 51.7 Å². The molecule has 108 valence electrons. The fourth-order valence-electron chi connectivity index (χ4n) is 2.25. The lowest BCUT2D eigenvalue weighted by molar-refractivity contribution is 0.0696. The van der Waals surface area contributed by atoms with Gasteiger partial charge in [-0.25, -0.2) is 9.78 Å². The van der Waals surface area contributed by atoms with Crippen molar-refractivity contribution in [2.75, 3.05) is 0 Å². The summed E-state index contributed by atoms with van der Waals surface area (Å²) in [7, 11) is 0. The van der Waals surface area contributed by atoms with Crippen LogP contribution in [0.15, 0.2) is 34.1 Å². The Morgan fingerprint density at radius 1 is 1.38 bits per heavy atom. The molecule has 3 aromatic rings. The number of nitrogens with one attached hydrogen (secondary N) is 1. The SMILES string of the molecule is Cc1nc(CNCc2oc3ccccc3c2C(=O)O)cs1. The number of fused-ring (bicyclic) bond motifs is 1. The number of aromatic nitrogens is 1. The summed E-state index contributed by atoms with van der Waals surface area (Å²) < 4.78 is 5.64. The van der Waals surface area contributed by atoms with Crippen molar-refractivity contribution >= 4 is 28.3 Å². The molecular formula is C15H14N2O3S. The lowest BCUT2D eigenvalue weighted by Gasteiger charge is -2.01. The van der Waals surface area contributed by atoms with Crippen molar-refractivity contribution < 1.29 is 14.3 Å². The van der Waals surface area contributed by atoms with Gasteiger partial charge in [-0.2, -0.15) is 0 Å². The summed E-state index contributed by atoms with van der Waals surface area (Å²) in [5, 5.41) is 16.2. The molecule has 21 heavy (non-hydrogen) atoms. The van der Waals surface area contributed by atoms with Crippen LogP contribution in [0.2, 0.25) is 0 Å². The summed E-state index contributed by atoms with van der Waals surface area (Å²) >= 11 is 1.59. The number of carbonyl (C=O) groups is 1. The Balaban J connectivity index is 1.80. The smallest absolute Gasteiger partial charge is 0.339 e. The Kier molecular flexibility index (Phi) is 3.72. The van der Waals surface area contributed by atoms with E-state index in [9.17, 15) is 9.90 Å². The molecule has 0 saturated heterocycles. The van der Waals surface area contributed by atoms with Crippen molar-refractivity contribution in [1.82, 2.24) is 10.3 Å². The number of hydrogen-bond acceptors (Lipinski definition) is 5. The Hall–Kier alpha value is -2.18. The third-order valence-electron chi connectivity index (χ3n) is 3.14. The van der Waals surface area contributed by atoms with Crippen LogP contribution in [-0.2, 0) is 13.1 Å². The lowest BCUT2D eigenvalue weighted by Crippen LogP contribution is -2.14. The Morgan fingerprint density at radius 2 is 2.19 bits per heavy atom. The first-order valence-corrected chi connectivity index (χ1v) is 7.38. The number of carboxylic acid groups (broad SMARTS) is 1. The number of carboxylic acids is 1. The summed E-state index contributed by atoms with van der Waals surface area (Å²) in [6, 6.07) is 7.16. The molecule has 0 unspecified atom stereocenters. The van der Waals surface area contributed by atoms with Gasteiger partial charge in [0.05, 0.1) is 17.2 Å². The summed E-state index contributed by atoms with van der Waals surface area (Å²) in [5.74, 6) is -0.531. The summed E-state index contributed by atoms with van der Waals surface area (Å²) in [4.78, 5) is 15.8. The molecule has 2 heterocycles. The van der Waals surface area contributed by atoms with Crippen LogP contribution in [0.4, 0.5) is 0 Å². The molecule has 2 aromatic heterocycles. The Labute approximate surface area is 125 Å². The van der Waals surface area contributed by atoms with Gasteiger partial charge in [-0.3, -0.25) is 0 Å². The van der Waals surface area contributed by atoms with Crippen LogP contribution in [0.5, 0.6) is 0 Å². The number of thiazole rings is 1. The van der Waals surface area contributed by atoms with E-state index in [1.807, 2.05) is 18.4 Å². The molecule has 0 spiro atoms. The van der Waals surface area contributed by atoms with Gasteiger partial charge in [-0.15, -0.1) is 11.3 Å². The zero-order chi connectivity index (χ0) is 14.8. The molecular weight excluding hydrogens is 288 g/mol. The largest absolute Gasteiger partial charge is 0.478 e. The Bertz CT molecular complexity index is 791. The molecule has 0 fully saturated rings. The van der Waals surface area contributed by atoms with E-state index < -0.39 is 5.97 Å². The zero-order valence-corrected chi connectivity index (χ0v) is 12.2. The van der Waals surface area contributed by atoms with Gasteiger partial charge in [-0.1, -0.05) is 18.2 Å². The minimum absolute atomic E-state index is 0.229. The molecule has 2 N–H and O–H groups in total. The molecule has 6 heteroatoms. The molecule has 0 amide bonds. The molecule has 5 nitrogen and oxygen atoms in total. The second-order valence-electron chi connectivity index (χ2n) is 4.66. The monoisotopic (exact) mass is 302 g/mol. The lowest BCUT2D eigenvalue weighted by atomic mass is 10.1. The van der Waals surface area contributed by atoms with Crippen LogP contribution in [0.1, 0.15) is 26.8 Å². The van der Waals surface area contributed by atoms with Crippen LogP contribution in [0.3, 0.4) is 0 Å². The number of aromatic carboxylic acids is 1. The molecule has 0 aliphatic heterocycles. The number of para-hydroxylation sites is 1. The summed E-state index contributed by atoms with van der Waals surface area (Å²) in [6.45, 7) is 2.89. The highest BCUT2D eigenvalue weighted by Gasteiger charge is 2.19. The summed E-state index contributed by atoms with van der Waals surface area (Å²) in [6.07, 6.45) is 0. The molecule has 3 rings (SSSR count). The standard InChI is InChI=1S/C15H14N2O3S/c1-9-17-10(8-21-9)6-16-7-13-14(15(18)19)11-4-2-3-5-12(11)20-13/h2-5,8,16H,6-7H2,1H3,(H,18,19). The number of aryl methyl sites for hydroxylation is 1. The molecule has 0 aliphatic rings. The van der Waals surface area contributed by atoms with E-state index in [0.717, 1.165) is 10.7 Å². The van der Waals surface area contributed by atoms with Crippen LogP contribution in [0.25, 0.3) is 11.0 Å². The first-order chi connectivity index (χ1) is 10.1. The predicted molar refractivity (Wildman–Crippen MR) is 80.6 cm³/mol. The van der Waals surface area contributed by atoms with Gasteiger partial charge in [0.1, 0.15) is 16.9 Å². The van der Waals surface area contributed by atoms with Crippen LogP contribution in [-0.4, -0.2) is 16.1 Å². The van der Waals surface area contributed by atoms with Gasteiger partial charge in [0, 0.05) is 17.3 Å². The number of hydrogen-bond donors (Lipinski definition) is 2. The third kappa shape index (κ3) is 2.81. The predicted octanol–water partition coefficient (Wildman–Crippen LogP) is 3.19. The molecule has 0 radical (unpaired) electrons.